The third kappa shape index (κ3) is 5.18. The summed E-state index contributed by atoms with van der Waals surface area (Å²) in [5.41, 5.74) is 5.24. The summed E-state index contributed by atoms with van der Waals surface area (Å²) in [6, 6.07) is 12.9. The Kier molecular flexibility index (Phi) is 7.53. The zero-order valence-corrected chi connectivity index (χ0v) is 22.6. The van der Waals surface area contributed by atoms with Crippen molar-refractivity contribution in [3.05, 3.63) is 71.3 Å². The van der Waals surface area contributed by atoms with Gasteiger partial charge in [0.1, 0.15) is 5.75 Å². The molecule has 0 aliphatic carbocycles. The molecule has 1 fully saturated rings. The molecule has 1 saturated heterocycles. The van der Waals surface area contributed by atoms with E-state index in [1.165, 1.54) is 7.11 Å². The van der Waals surface area contributed by atoms with Crippen LogP contribution >= 0.6 is 12.2 Å². The predicted octanol–water partition coefficient (Wildman–Crippen LogP) is 3.70. The van der Waals surface area contributed by atoms with Crippen LogP contribution in [-0.4, -0.2) is 50.2 Å². The van der Waals surface area contributed by atoms with Crippen molar-refractivity contribution < 1.29 is 17.9 Å². The zero-order valence-electron chi connectivity index (χ0n) is 21.0. The van der Waals surface area contributed by atoms with E-state index in [-0.39, 0.29) is 12.1 Å². The number of benzene rings is 1. The van der Waals surface area contributed by atoms with Crippen LogP contribution in [-0.2, 0) is 21.3 Å². The smallest absolute Gasteiger partial charge is 0.229 e. The minimum Gasteiger partial charge on any atom is -0.495 e. The van der Waals surface area contributed by atoms with Crippen LogP contribution in [0.1, 0.15) is 34.7 Å². The Morgan fingerprint density at radius 1 is 1.17 bits per heavy atom. The summed E-state index contributed by atoms with van der Waals surface area (Å²) in [7, 11) is -0.330. The summed E-state index contributed by atoms with van der Waals surface area (Å²) in [6.45, 7) is 5.51. The molecule has 0 bridgehead atoms. The van der Waals surface area contributed by atoms with Gasteiger partial charge in [-0.2, -0.15) is 0 Å². The molecule has 3 heterocycles. The molecule has 0 radical (unpaired) electrons. The maximum absolute atomic E-state index is 12.0. The van der Waals surface area contributed by atoms with Crippen LogP contribution in [0, 0.1) is 13.8 Å². The first kappa shape index (κ1) is 25.9. The molecule has 0 unspecified atom stereocenters. The Morgan fingerprint density at radius 2 is 1.94 bits per heavy atom. The van der Waals surface area contributed by atoms with Crippen LogP contribution in [0.4, 0.5) is 11.4 Å². The molecule has 4 rings (SSSR count). The number of nitrogens with one attached hydrogen (secondary N) is 2. The number of pyridine rings is 1. The second-order valence-corrected chi connectivity index (χ2v) is 10.9. The summed E-state index contributed by atoms with van der Waals surface area (Å²) in [4.78, 5) is 6.63. The fourth-order valence-electron chi connectivity index (χ4n) is 4.73. The number of aromatic nitrogens is 2. The number of aryl methyl sites for hydroxylation is 1. The minimum atomic E-state index is -3.52. The van der Waals surface area contributed by atoms with Gasteiger partial charge in [-0.15, -0.1) is 0 Å². The lowest BCUT2D eigenvalue weighted by Crippen LogP contribution is -2.29. The molecule has 36 heavy (non-hydrogen) atoms. The Labute approximate surface area is 217 Å². The average molecular weight is 530 g/mol. The fraction of sp³-hybridized carbons (Fsp3) is 0.360. The number of methoxy groups -OCH3 is 2. The van der Waals surface area contributed by atoms with E-state index in [1.807, 2.05) is 29.2 Å². The molecule has 192 valence electrons. The van der Waals surface area contributed by atoms with Crippen molar-refractivity contribution in [1.82, 2.24) is 14.9 Å². The van der Waals surface area contributed by atoms with Crippen molar-refractivity contribution in [2.24, 2.45) is 0 Å². The number of rotatable bonds is 9. The molecule has 11 heteroatoms. The SMILES string of the molecule is COCCn1c(C)cc([C@@H]2[C@@H](c3ccccn3)NC(=S)N2c2ccc(OC)c(NS(C)(=O)=O)c2)c1C. The number of hydrogen-bond acceptors (Lipinski definition) is 6. The molecule has 1 aliphatic heterocycles. The summed E-state index contributed by atoms with van der Waals surface area (Å²) in [6.07, 6.45) is 2.87. The van der Waals surface area contributed by atoms with Crippen LogP contribution < -0.4 is 19.7 Å². The van der Waals surface area contributed by atoms with E-state index < -0.39 is 10.0 Å². The van der Waals surface area contributed by atoms with Gasteiger partial charge in [-0.1, -0.05) is 6.07 Å². The summed E-state index contributed by atoms with van der Waals surface area (Å²) >= 11 is 5.83. The van der Waals surface area contributed by atoms with Crippen molar-refractivity contribution in [2.45, 2.75) is 32.5 Å². The number of anilines is 2. The lowest BCUT2D eigenvalue weighted by Gasteiger charge is -2.29. The van der Waals surface area contributed by atoms with Crippen LogP contribution in [0.5, 0.6) is 5.75 Å². The maximum atomic E-state index is 12.0. The van der Waals surface area contributed by atoms with E-state index in [0.29, 0.717) is 23.2 Å². The Hall–Kier alpha value is -3.15. The Morgan fingerprint density at radius 3 is 2.58 bits per heavy atom. The van der Waals surface area contributed by atoms with Gasteiger partial charge in [-0.25, -0.2) is 8.42 Å². The van der Waals surface area contributed by atoms with Crippen molar-refractivity contribution in [3.8, 4) is 5.75 Å². The normalized spacial score (nSPS) is 17.8. The largest absolute Gasteiger partial charge is 0.495 e. The van der Waals surface area contributed by atoms with Gasteiger partial charge in [0.15, 0.2) is 5.11 Å². The number of ether oxygens (including phenoxy) is 2. The first-order chi connectivity index (χ1) is 17.1. The second kappa shape index (κ2) is 10.5. The highest BCUT2D eigenvalue weighted by atomic mass is 32.2. The van der Waals surface area contributed by atoms with E-state index in [1.54, 1.807) is 25.4 Å². The summed E-state index contributed by atoms with van der Waals surface area (Å²) < 4.78 is 39.5. The van der Waals surface area contributed by atoms with Crippen molar-refractivity contribution in [1.29, 1.82) is 0 Å². The lowest BCUT2D eigenvalue weighted by atomic mass is 9.96. The molecule has 9 nitrogen and oxygen atoms in total. The van der Waals surface area contributed by atoms with Gasteiger partial charge in [0.25, 0.3) is 0 Å². The van der Waals surface area contributed by atoms with E-state index in [9.17, 15) is 8.42 Å². The third-order valence-electron chi connectivity index (χ3n) is 6.31. The quantitative estimate of drug-likeness (QED) is 0.405. The Bertz CT molecular complexity index is 1360. The molecule has 0 saturated carbocycles. The van der Waals surface area contributed by atoms with Gasteiger partial charge < -0.3 is 24.3 Å². The molecule has 2 atom stereocenters. The van der Waals surface area contributed by atoms with E-state index >= 15 is 0 Å². The average Bonchev–Trinajstić information content (AvgIpc) is 3.32. The van der Waals surface area contributed by atoms with Crippen molar-refractivity contribution in [2.75, 3.05) is 36.7 Å². The summed E-state index contributed by atoms with van der Waals surface area (Å²) in [5, 5.41) is 3.97. The topological polar surface area (TPSA) is 97.7 Å². The van der Waals surface area contributed by atoms with Crippen molar-refractivity contribution in [3.63, 3.8) is 0 Å². The maximum Gasteiger partial charge on any atom is 0.229 e. The molecule has 1 aromatic carbocycles. The number of thiocarbonyl (C=S) groups is 1. The molecule has 2 N–H and O–H groups in total. The number of nitrogens with zero attached hydrogens (tertiary/aromatic N) is 3. The Balaban J connectivity index is 1.86. The van der Waals surface area contributed by atoms with Crippen LogP contribution in [0.2, 0.25) is 0 Å². The lowest BCUT2D eigenvalue weighted by molar-refractivity contribution is 0.186. The van der Waals surface area contributed by atoms with E-state index in [2.05, 4.69) is 39.5 Å². The molecular weight excluding hydrogens is 498 g/mol. The fourth-order valence-corrected chi connectivity index (χ4v) is 5.63. The minimum absolute atomic E-state index is 0.219. The van der Waals surface area contributed by atoms with E-state index in [0.717, 1.165) is 41.1 Å². The highest BCUT2D eigenvalue weighted by Gasteiger charge is 2.42. The van der Waals surface area contributed by atoms with Gasteiger partial charge in [0.2, 0.25) is 10.0 Å². The van der Waals surface area contributed by atoms with Gasteiger partial charge in [0, 0.05) is 36.9 Å². The monoisotopic (exact) mass is 529 g/mol. The van der Waals surface area contributed by atoms with Gasteiger partial charge in [0.05, 0.1) is 43.4 Å². The standard InChI is InChI=1S/C25H31N5O4S2/c1-16-14-19(17(2)29(16)12-13-33-3)24-23(20-8-6-7-11-26-20)27-25(35)30(24)18-9-10-22(34-4)21(15-18)28-36(5,31)32/h6-11,14-15,23-24,28H,12-13H2,1-5H3,(H,27,35)/t23-,24-/m1/s1. The highest BCUT2D eigenvalue weighted by Crippen LogP contribution is 2.44. The zero-order chi connectivity index (χ0) is 26.0. The number of hydrogen-bond donors (Lipinski definition) is 2. The predicted molar refractivity (Wildman–Crippen MR) is 145 cm³/mol. The van der Waals surface area contributed by atoms with Crippen molar-refractivity contribution >= 4 is 38.7 Å². The molecule has 0 amide bonds. The van der Waals surface area contributed by atoms with Gasteiger partial charge in [-0.3, -0.25) is 9.71 Å². The first-order valence-electron chi connectivity index (χ1n) is 11.5. The van der Waals surface area contributed by atoms with Gasteiger partial charge >= 0.3 is 0 Å². The highest BCUT2D eigenvalue weighted by molar-refractivity contribution is 7.92. The molecular formula is C25H31N5O4S2. The molecule has 2 aromatic heterocycles. The van der Waals surface area contributed by atoms with Crippen LogP contribution in [0.15, 0.2) is 48.7 Å². The number of sulfonamides is 1. The first-order valence-corrected chi connectivity index (χ1v) is 13.8. The molecule has 3 aromatic rings. The van der Waals surface area contributed by atoms with E-state index in [4.69, 9.17) is 21.7 Å². The second-order valence-electron chi connectivity index (χ2n) is 8.73. The summed E-state index contributed by atoms with van der Waals surface area (Å²) in [5.74, 6) is 0.415. The van der Waals surface area contributed by atoms with Crippen LogP contribution in [0.25, 0.3) is 0 Å². The molecule has 1 aliphatic rings. The van der Waals surface area contributed by atoms with Crippen LogP contribution in [0.3, 0.4) is 0 Å². The van der Waals surface area contributed by atoms with Gasteiger partial charge in [-0.05, 0) is 68.0 Å². The molecule has 0 spiro atoms. The third-order valence-corrected chi connectivity index (χ3v) is 7.21.